The van der Waals surface area contributed by atoms with Gasteiger partial charge in [0.2, 0.25) is 0 Å². The number of carbonyl (C=O) groups is 2. The minimum Gasteiger partial charge on any atom is -0.508 e. The van der Waals surface area contributed by atoms with Crippen molar-refractivity contribution in [1.29, 1.82) is 0 Å². The summed E-state index contributed by atoms with van der Waals surface area (Å²) in [6, 6.07) is 7.57. The summed E-state index contributed by atoms with van der Waals surface area (Å²) in [4.78, 5) is 28.7. The quantitative estimate of drug-likeness (QED) is 0.705. The summed E-state index contributed by atoms with van der Waals surface area (Å²) in [7, 11) is 0. The zero-order chi connectivity index (χ0) is 19.4. The van der Waals surface area contributed by atoms with Crippen LogP contribution in [0, 0.1) is 0 Å². The van der Waals surface area contributed by atoms with Crippen LogP contribution in [0.5, 0.6) is 5.75 Å². The number of nitrogens with one attached hydrogen (secondary N) is 1. The lowest BCUT2D eigenvalue weighted by molar-refractivity contribution is -0.117. The van der Waals surface area contributed by atoms with E-state index in [2.05, 4.69) is 10.3 Å². The van der Waals surface area contributed by atoms with Crippen LogP contribution in [-0.2, 0) is 17.6 Å². The number of halogens is 1. The minimum absolute atomic E-state index is 0.0256. The third-order valence-electron chi connectivity index (χ3n) is 4.68. The predicted octanol–water partition coefficient (Wildman–Crippen LogP) is 2.44. The maximum Gasteiger partial charge on any atom is 0.270 e. The highest BCUT2D eigenvalue weighted by Crippen LogP contribution is 2.23. The van der Waals surface area contributed by atoms with Crippen molar-refractivity contribution in [1.82, 2.24) is 10.3 Å². The van der Waals surface area contributed by atoms with E-state index in [1.807, 2.05) is 0 Å². The van der Waals surface area contributed by atoms with E-state index in [0.717, 1.165) is 12.8 Å². The summed E-state index contributed by atoms with van der Waals surface area (Å²) >= 11 is 5.90. The Morgan fingerprint density at radius 2 is 2.00 bits per heavy atom. The van der Waals surface area contributed by atoms with Gasteiger partial charge in [-0.3, -0.25) is 14.6 Å². The Bertz CT molecular complexity index is 856. The molecule has 142 valence electrons. The van der Waals surface area contributed by atoms with Gasteiger partial charge >= 0.3 is 0 Å². The van der Waals surface area contributed by atoms with Crippen molar-refractivity contribution in [2.45, 2.75) is 44.2 Å². The molecule has 0 aliphatic heterocycles. The molecule has 2 atom stereocenters. The topological polar surface area (TPSA) is 99.5 Å². The Labute approximate surface area is 162 Å². The first kappa shape index (κ1) is 19.3. The van der Waals surface area contributed by atoms with Crippen LogP contribution in [-0.4, -0.2) is 39.0 Å². The van der Waals surface area contributed by atoms with E-state index < -0.39 is 6.10 Å². The molecule has 0 saturated heterocycles. The number of aliphatic hydroxyl groups is 1. The van der Waals surface area contributed by atoms with Gasteiger partial charge in [-0.05, 0) is 55.2 Å². The molecule has 0 radical (unpaired) electrons. The number of benzene rings is 1. The highest BCUT2D eigenvalue weighted by molar-refractivity contribution is 6.30. The average Bonchev–Trinajstić information content (AvgIpc) is 3.03. The van der Waals surface area contributed by atoms with E-state index in [4.69, 9.17) is 11.6 Å². The van der Waals surface area contributed by atoms with Crippen molar-refractivity contribution in [3.63, 3.8) is 0 Å². The molecular weight excluding hydrogens is 368 g/mol. The number of nitrogens with zero attached hydrogens (tertiary/aromatic N) is 1. The molecule has 7 heteroatoms. The number of aliphatic hydroxyl groups excluding tert-OH is 1. The Morgan fingerprint density at radius 1 is 1.19 bits per heavy atom. The molecule has 6 nitrogen and oxygen atoms in total. The molecule has 3 rings (SSSR count). The molecule has 27 heavy (non-hydrogen) atoms. The fourth-order valence-corrected chi connectivity index (χ4v) is 3.45. The number of aromatic hydroxyl groups is 1. The molecule has 0 spiro atoms. The van der Waals surface area contributed by atoms with Gasteiger partial charge in [0.25, 0.3) is 5.91 Å². The largest absolute Gasteiger partial charge is 0.508 e. The lowest BCUT2D eigenvalue weighted by atomic mass is 10.0. The third-order valence-corrected chi connectivity index (χ3v) is 4.92. The number of Topliss-reactive ketones (excluding diaryl/α,β-unsaturated/α-hetero) is 1. The van der Waals surface area contributed by atoms with Crippen molar-refractivity contribution in [2.24, 2.45) is 0 Å². The van der Waals surface area contributed by atoms with Crippen molar-refractivity contribution in [3.05, 3.63) is 58.4 Å². The van der Waals surface area contributed by atoms with Gasteiger partial charge in [0.15, 0.2) is 0 Å². The summed E-state index contributed by atoms with van der Waals surface area (Å²) in [5.74, 6) is -0.447. The van der Waals surface area contributed by atoms with Crippen LogP contribution >= 0.6 is 11.6 Å². The monoisotopic (exact) mass is 388 g/mol. The fourth-order valence-electron chi connectivity index (χ4n) is 3.26. The first-order valence-electron chi connectivity index (χ1n) is 8.85. The standard InChI is InChI=1S/C20H21ClN2O4/c21-14-4-5-18(25)13(10-14)11-15(24)8-12-6-7-22-17(9-12)20(27)23-16-2-1-3-19(16)26/h4-7,9-10,16,19,25-26H,1-3,8,11H2,(H,23,27)/t16-,19+/m1/s1. The maximum atomic E-state index is 12.3. The van der Waals surface area contributed by atoms with Gasteiger partial charge in [-0.1, -0.05) is 11.6 Å². The molecule has 1 amide bonds. The molecule has 0 bridgehead atoms. The van der Waals surface area contributed by atoms with Crippen LogP contribution in [0.3, 0.4) is 0 Å². The van der Waals surface area contributed by atoms with Gasteiger partial charge in [0, 0.05) is 29.6 Å². The Hall–Kier alpha value is -2.44. The summed E-state index contributed by atoms with van der Waals surface area (Å²) in [6.07, 6.45) is 3.43. The number of phenols is 1. The third kappa shape index (κ3) is 5.05. The number of amides is 1. The first-order chi connectivity index (χ1) is 12.9. The number of ketones is 1. The van der Waals surface area contributed by atoms with Crippen molar-refractivity contribution < 1.29 is 19.8 Å². The molecule has 1 heterocycles. The molecule has 3 N–H and O–H groups in total. The maximum absolute atomic E-state index is 12.3. The van der Waals surface area contributed by atoms with Crippen LogP contribution in [0.15, 0.2) is 36.5 Å². The van der Waals surface area contributed by atoms with Gasteiger partial charge < -0.3 is 15.5 Å². The van der Waals surface area contributed by atoms with E-state index in [0.29, 0.717) is 22.6 Å². The fraction of sp³-hybridized carbons (Fsp3) is 0.350. The molecule has 1 saturated carbocycles. The Balaban J connectivity index is 1.63. The second-order valence-electron chi connectivity index (χ2n) is 6.79. The normalized spacial score (nSPS) is 19.0. The van der Waals surface area contributed by atoms with Crippen molar-refractivity contribution >= 4 is 23.3 Å². The number of hydrogen-bond acceptors (Lipinski definition) is 5. The molecule has 2 aromatic rings. The molecule has 1 aliphatic rings. The van der Waals surface area contributed by atoms with Gasteiger partial charge in [-0.2, -0.15) is 0 Å². The zero-order valence-corrected chi connectivity index (χ0v) is 15.4. The number of hydrogen-bond donors (Lipinski definition) is 3. The average molecular weight is 389 g/mol. The van der Waals surface area contributed by atoms with Gasteiger partial charge in [0.1, 0.15) is 17.2 Å². The predicted molar refractivity (Wildman–Crippen MR) is 101 cm³/mol. The van der Waals surface area contributed by atoms with Crippen molar-refractivity contribution in [3.8, 4) is 5.75 Å². The minimum atomic E-state index is -0.524. The smallest absolute Gasteiger partial charge is 0.270 e. The van der Waals surface area contributed by atoms with Crippen LogP contribution in [0.25, 0.3) is 0 Å². The van der Waals surface area contributed by atoms with Gasteiger partial charge in [0.05, 0.1) is 12.1 Å². The molecular formula is C20H21ClN2O4. The van der Waals surface area contributed by atoms with Crippen LogP contribution < -0.4 is 5.32 Å². The summed E-state index contributed by atoms with van der Waals surface area (Å²) in [6.45, 7) is 0. The first-order valence-corrected chi connectivity index (χ1v) is 9.23. The van der Waals surface area contributed by atoms with E-state index in [9.17, 15) is 19.8 Å². The zero-order valence-electron chi connectivity index (χ0n) is 14.7. The highest BCUT2D eigenvalue weighted by atomic mass is 35.5. The molecule has 1 aromatic carbocycles. The molecule has 1 aromatic heterocycles. The van der Waals surface area contributed by atoms with Crippen LogP contribution in [0.4, 0.5) is 0 Å². The van der Waals surface area contributed by atoms with E-state index in [-0.39, 0.29) is 42.0 Å². The van der Waals surface area contributed by atoms with Crippen molar-refractivity contribution in [2.75, 3.05) is 0 Å². The molecule has 1 aliphatic carbocycles. The molecule has 1 fully saturated rings. The summed E-state index contributed by atoms with van der Waals surface area (Å²) in [5.41, 5.74) is 1.34. The number of rotatable bonds is 6. The number of phenolic OH excluding ortho intramolecular Hbond substituents is 1. The highest BCUT2D eigenvalue weighted by Gasteiger charge is 2.27. The van der Waals surface area contributed by atoms with E-state index >= 15 is 0 Å². The van der Waals surface area contributed by atoms with E-state index in [1.165, 1.54) is 12.3 Å². The summed E-state index contributed by atoms with van der Waals surface area (Å²) in [5, 5.41) is 22.9. The lowest BCUT2D eigenvalue weighted by Crippen LogP contribution is -2.40. The SMILES string of the molecule is O=C(Cc1ccnc(C(=O)N[C@@H]2CCC[C@@H]2O)c1)Cc1cc(Cl)ccc1O. The van der Waals surface area contributed by atoms with Gasteiger partial charge in [-0.25, -0.2) is 0 Å². The lowest BCUT2D eigenvalue weighted by Gasteiger charge is -2.16. The van der Waals surface area contributed by atoms with Crippen LogP contribution in [0.1, 0.15) is 40.9 Å². The second kappa shape index (κ2) is 8.50. The number of pyridine rings is 1. The number of carbonyl (C=O) groups excluding carboxylic acids is 2. The molecule has 0 unspecified atom stereocenters. The second-order valence-corrected chi connectivity index (χ2v) is 7.23. The van der Waals surface area contributed by atoms with Crippen LogP contribution in [0.2, 0.25) is 5.02 Å². The van der Waals surface area contributed by atoms with E-state index in [1.54, 1.807) is 24.3 Å². The Kier molecular flexibility index (Phi) is 6.08. The number of aromatic nitrogens is 1. The van der Waals surface area contributed by atoms with Gasteiger partial charge in [-0.15, -0.1) is 0 Å². The summed E-state index contributed by atoms with van der Waals surface area (Å²) < 4.78 is 0. The Morgan fingerprint density at radius 3 is 2.74 bits per heavy atom.